The van der Waals surface area contributed by atoms with Gasteiger partial charge in [-0.25, -0.2) is 0 Å². The van der Waals surface area contributed by atoms with Crippen molar-refractivity contribution in [1.82, 2.24) is 10.2 Å². The molecule has 0 spiro atoms. The van der Waals surface area contributed by atoms with Crippen LogP contribution >= 0.6 is 0 Å². The Balaban J connectivity index is 1.83. The molecule has 118 valence electrons. The molecular formula is C16H20N2O4. The quantitative estimate of drug-likeness (QED) is 0.815. The number of likely N-dealkylation sites (N-methyl/N-ethyl adjacent to an activating group) is 1. The monoisotopic (exact) mass is 304 g/mol. The topological polar surface area (TPSA) is 74.9 Å². The van der Waals surface area contributed by atoms with Crippen molar-refractivity contribution in [2.45, 2.75) is 6.04 Å². The number of phenols is 1. The maximum Gasteiger partial charge on any atom is 0.258 e. The lowest BCUT2D eigenvalue weighted by Gasteiger charge is -2.22. The van der Waals surface area contributed by atoms with Crippen LogP contribution in [0.4, 0.5) is 0 Å². The SMILES string of the molecule is CN(C)C(CNC(=O)COc1ccccc1O)c1ccco1. The second-order valence-electron chi connectivity index (χ2n) is 5.06. The van der Waals surface area contributed by atoms with Gasteiger partial charge in [-0.3, -0.25) is 9.69 Å². The standard InChI is InChI=1S/C16H20N2O4/c1-18(2)12(14-8-5-9-21-14)10-17-16(20)11-22-15-7-4-3-6-13(15)19/h3-9,12,19H,10-11H2,1-2H3,(H,17,20). The number of ether oxygens (including phenoxy) is 1. The Bertz CT molecular complexity index is 596. The number of hydrogen-bond donors (Lipinski definition) is 2. The normalized spacial score (nSPS) is 12.1. The minimum absolute atomic E-state index is 0.0112. The van der Waals surface area contributed by atoms with Crippen LogP contribution in [-0.4, -0.2) is 43.2 Å². The molecule has 1 unspecified atom stereocenters. The summed E-state index contributed by atoms with van der Waals surface area (Å²) in [4.78, 5) is 13.8. The Morgan fingerprint density at radius 1 is 1.32 bits per heavy atom. The summed E-state index contributed by atoms with van der Waals surface area (Å²) >= 11 is 0. The zero-order valence-electron chi connectivity index (χ0n) is 12.7. The lowest BCUT2D eigenvalue weighted by molar-refractivity contribution is -0.123. The molecule has 0 aliphatic carbocycles. The molecule has 1 amide bonds. The summed E-state index contributed by atoms with van der Waals surface area (Å²) in [6.45, 7) is 0.249. The average Bonchev–Trinajstić information content (AvgIpc) is 3.00. The van der Waals surface area contributed by atoms with Gasteiger partial charge in [-0.1, -0.05) is 12.1 Å². The summed E-state index contributed by atoms with van der Waals surface area (Å²) in [5, 5.41) is 12.4. The second-order valence-corrected chi connectivity index (χ2v) is 5.06. The number of aromatic hydroxyl groups is 1. The predicted octanol–water partition coefficient (Wildman–Crippen LogP) is 1.78. The average molecular weight is 304 g/mol. The van der Waals surface area contributed by atoms with Crippen molar-refractivity contribution in [2.75, 3.05) is 27.2 Å². The predicted molar refractivity (Wildman–Crippen MR) is 81.7 cm³/mol. The Morgan fingerprint density at radius 3 is 2.73 bits per heavy atom. The molecule has 0 saturated heterocycles. The third-order valence-corrected chi connectivity index (χ3v) is 3.21. The number of rotatable bonds is 7. The van der Waals surface area contributed by atoms with Crippen molar-refractivity contribution in [2.24, 2.45) is 0 Å². The van der Waals surface area contributed by atoms with Gasteiger partial charge in [0, 0.05) is 6.54 Å². The first kappa shape index (κ1) is 15.9. The van der Waals surface area contributed by atoms with Crippen molar-refractivity contribution >= 4 is 5.91 Å². The molecule has 1 heterocycles. The van der Waals surface area contributed by atoms with E-state index in [1.54, 1.807) is 24.5 Å². The molecule has 0 bridgehead atoms. The van der Waals surface area contributed by atoms with Crippen molar-refractivity contribution in [1.29, 1.82) is 0 Å². The van der Waals surface area contributed by atoms with E-state index in [0.717, 1.165) is 5.76 Å². The molecule has 1 aromatic heterocycles. The number of carbonyl (C=O) groups excluding carboxylic acids is 1. The van der Waals surface area contributed by atoms with Crippen LogP contribution in [0.5, 0.6) is 11.5 Å². The maximum atomic E-state index is 11.9. The van der Waals surface area contributed by atoms with Gasteiger partial charge in [-0.2, -0.15) is 0 Å². The molecule has 0 fully saturated rings. The fourth-order valence-corrected chi connectivity index (χ4v) is 2.00. The first-order chi connectivity index (χ1) is 10.6. The number of carbonyl (C=O) groups is 1. The molecule has 0 radical (unpaired) electrons. The van der Waals surface area contributed by atoms with Crippen LogP contribution in [0.1, 0.15) is 11.8 Å². The minimum Gasteiger partial charge on any atom is -0.504 e. The first-order valence-electron chi connectivity index (χ1n) is 6.95. The van der Waals surface area contributed by atoms with Crippen LogP contribution in [0.3, 0.4) is 0 Å². The van der Waals surface area contributed by atoms with Crippen molar-refractivity contribution < 1.29 is 19.1 Å². The van der Waals surface area contributed by atoms with Gasteiger partial charge in [-0.05, 0) is 38.4 Å². The highest BCUT2D eigenvalue weighted by Gasteiger charge is 2.18. The van der Waals surface area contributed by atoms with Gasteiger partial charge >= 0.3 is 0 Å². The molecule has 0 aliphatic heterocycles. The molecular weight excluding hydrogens is 284 g/mol. The van der Waals surface area contributed by atoms with E-state index >= 15 is 0 Å². The smallest absolute Gasteiger partial charge is 0.258 e. The summed E-state index contributed by atoms with van der Waals surface area (Å²) in [5.74, 6) is 0.818. The van der Waals surface area contributed by atoms with Crippen LogP contribution in [0, 0.1) is 0 Å². The number of nitrogens with zero attached hydrogens (tertiary/aromatic N) is 1. The molecule has 6 nitrogen and oxygen atoms in total. The fourth-order valence-electron chi connectivity index (χ4n) is 2.00. The van der Waals surface area contributed by atoms with E-state index in [2.05, 4.69) is 5.32 Å². The summed E-state index contributed by atoms with van der Waals surface area (Å²) < 4.78 is 10.7. The van der Waals surface area contributed by atoms with Gasteiger partial charge in [-0.15, -0.1) is 0 Å². The fraction of sp³-hybridized carbons (Fsp3) is 0.312. The summed E-state index contributed by atoms with van der Waals surface area (Å²) in [6.07, 6.45) is 1.61. The van der Waals surface area contributed by atoms with E-state index in [1.165, 1.54) is 6.07 Å². The Labute approximate surface area is 129 Å². The molecule has 1 aromatic carbocycles. The van der Waals surface area contributed by atoms with E-state index in [-0.39, 0.29) is 30.1 Å². The Morgan fingerprint density at radius 2 is 2.09 bits per heavy atom. The Kier molecular flexibility index (Phi) is 5.43. The number of amides is 1. The highest BCUT2D eigenvalue weighted by Crippen LogP contribution is 2.24. The number of hydrogen-bond acceptors (Lipinski definition) is 5. The van der Waals surface area contributed by atoms with Gasteiger partial charge in [0.1, 0.15) is 5.76 Å². The largest absolute Gasteiger partial charge is 0.504 e. The van der Waals surface area contributed by atoms with Gasteiger partial charge < -0.3 is 19.6 Å². The van der Waals surface area contributed by atoms with Crippen molar-refractivity contribution in [3.05, 3.63) is 48.4 Å². The van der Waals surface area contributed by atoms with Crippen molar-refractivity contribution in [3.8, 4) is 11.5 Å². The second kappa shape index (κ2) is 7.51. The van der Waals surface area contributed by atoms with E-state index in [9.17, 15) is 9.90 Å². The van der Waals surface area contributed by atoms with Gasteiger partial charge in [0.15, 0.2) is 18.1 Å². The van der Waals surface area contributed by atoms with Crippen LogP contribution in [0.2, 0.25) is 0 Å². The summed E-state index contributed by atoms with van der Waals surface area (Å²) in [7, 11) is 3.83. The summed E-state index contributed by atoms with van der Waals surface area (Å²) in [6, 6.07) is 10.2. The maximum absolute atomic E-state index is 11.9. The zero-order chi connectivity index (χ0) is 15.9. The zero-order valence-corrected chi connectivity index (χ0v) is 12.7. The highest BCUT2D eigenvalue weighted by molar-refractivity contribution is 5.77. The van der Waals surface area contributed by atoms with Crippen LogP contribution in [-0.2, 0) is 4.79 Å². The molecule has 6 heteroatoms. The van der Waals surface area contributed by atoms with Gasteiger partial charge in [0.2, 0.25) is 0 Å². The molecule has 1 atom stereocenters. The number of benzene rings is 1. The molecule has 0 saturated carbocycles. The molecule has 0 aliphatic rings. The lowest BCUT2D eigenvalue weighted by Crippen LogP contribution is -2.36. The van der Waals surface area contributed by atoms with E-state index in [4.69, 9.17) is 9.15 Å². The van der Waals surface area contributed by atoms with Gasteiger partial charge in [0.05, 0.1) is 12.3 Å². The number of nitrogens with one attached hydrogen (secondary N) is 1. The van der Waals surface area contributed by atoms with Crippen LogP contribution in [0.15, 0.2) is 47.1 Å². The first-order valence-corrected chi connectivity index (χ1v) is 6.95. The van der Waals surface area contributed by atoms with Gasteiger partial charge in [0.25, 0.3) is 5.91 Å². The number of para-hydroxylation sites is 2. The van der Waals surface area contributed by atoms with Crippen LogP contribution < -0.4 is 10.1 Å². The minimum atomic E-state index is -0.262. The van der Waals surface area contributed by atoms with Crippen molar-refractivity contribution in [3.63, 3.8) is 0 Å². The Hall–Kier alpha value is -2.47. The van der Waals surface area contributed by atoms with E-state index in [0.29, 0.717) is 6.54 Å². The number of phenolic OH excluding ortho intramolecular Hbond substituents is 1. The molecule has 22 heavy (non-hydrogen) atoms. The summed E-state index contributed by atoms with van der Waals surface area (Å²) in [5.41, 5.74) is 0. The third kappa shape index (κ3) is 4.26. The number of furan rings is 1. The van der Waals surface area contributed by atoms with E-state index < -0.39 is 0 Å². The van der Waals surface area contributed by atoms with E-state index in [1.807, 2.05) is 31.1 Å². The third-order valence-electron chi connectivity index (χ3n) is 3.21. The lowest BCUT2D eigenvalue weighted by atomic mass is 10.2. The molecule has 2 aromatic rings. The van der Waals surface area contributed by atoms with Crippen LogP contribution in [0.25, 0.3) is 0 Å². The molecule has 2 N–H and O–H groups in total. The molecule has 2 rings (SSSR count). The highest BCUT2D eigenvalue weighted by atomic mass is 16.5.